The summed E-state index contributed by atoms with van der Waals surface area (Å²) in [7, 11) is 0. The second-order valence-corrected chi connectivity index (χ2v) is 6.72. The van der Waals surface area contributed by atoms with Crippen LogP contribution in [0.1, 0.15) is 6.42 Å². The molecule has 160 valence electrons. The Hall–Kier alpha value is -2.32. The third kappa shape index (κ3) is 4.11. The monoisotopic (exact) mass is 444 g/mol. The van der Waals surface area contributed by atoms with Crippen LogP contribution in [0.5, 0.6) is 0 Å². The molecule has 2 saturated heterocycles. The normalized spacial score (nSPS) is 24.5. The Bertz CT molecular complexity index is 847. The number of carboxylic acid groups (broad SMARTS) is 1. The van der Waals surface area contributed by atoms with Gasteiger partial charge in [0.1, 0.15) is 18.3 Å². The number of hydrogen-bond donors (Lipinski definition) is 3. The van der Waals surface area contributed by atoms with Gasteiger partial charge in [0, 0.05) is 12.5 Å². The van der Waals surface area contributed by atoms with Crippen LogP contribution in [0, 0.1) is 5.92 Å². The summed E-state index contributed by atoms with van der Waals surface area (Å²) < 4.78 is 43.2. The fourth-order valence-electron chi connectivity index (χ4n) is 3.90. The fourth-order valence-corrected chi connectivity index (χ4v) is 3.90. The number of carboxylic acids is 1. The Kier molecular flexibility index (Phi) is 6.73. The number of aliphatic carboxylic acids is 1. The number of ether oxygens (including phenoxy) is 1. The van der Waals surface area contributed by atoms with Crippen LogP contribution in [0.2, 0.25) is 0 Å². The number of β-lactam (4-membered cyclic amide) rings is 1. The van der Waals surface area contributed by atoms with E-state index in [0.717, 1.165) is 4.90 Å². The van der Waals surface area contributed by atoms with E-state index < -0.39 is 72.8 Å². The molecule has 3 aliphatic rings. The molecule has 3 atom stereocenters. The Balaban J connectivity index is 0.00000320. The van der Waals surface area contributed by atoms with Crippen molar-refractivity contribution in [1.82, 2.24) is 15.1 Å². The predicted molar refractivity (Wildman–Crippen MR) is 90.7 cm³/mol. The summed E-state index contributed by atoms with van der Waals surface area (Å²) in [6.07, 6.45) is -6.32. The predicted octanol–water partition coefficient (Wildman–Crippen LogP) is -2.11. The number of nitrogens with two attached hydrogens (primary N) is 1. The van der Waals surface area contributed by atoms with E-state index in [0.29, 0.717) is 4.90 Å². The first-order chi connectivity index (χ1) is 13.4. The number of primary amides is 1. The van der Waals surface area contributed by atoms with Gasteiger partial charge in [0.25, 0.3) is 5.91 Å². The Labute approximate surface area is 188 Å². The van der Waals surface area contributed by atoms with E-state index >= 15 is 0 Å². The van der Waals surface area contributed by atoms with Crippen LogP contribution < -0.4 is 11.1 Å². The summed E-state index contributed by atoms with van der Waals surface area (Å²) >= 11 is 0. The number of alkyl carbamates (subject to hydrolysis) is 1. The molecule has 3 unspecified atom stereocenters. The molecular formula is C15H16F3N4NaO7. The van der Waals surface area contributed by atoms with Crippen LogP contribution in [0.3, 0.4) is 0 Å². The maximum absolute atomic E-state index is 12.8. The van der Waals surface area contributed by atoms with Crippen LogP contribution in [-0.4, -0.2) is 112 Å². The van der Waals surface area contributed by atoms with Gasteiger partial charge in [0.05, 0.1) is 12.6 Å². The van der Waals surface area contributed by atoms with Gasteiger partial charge >= 0.3 is 53.7 Å². The SMILES string of the molecule is NC(=O)CNC(=O)OCC1=C(C(=O)O)N2C(=O)C3C2C(C1)CN3C(=O)C(F)(F)F.[NaH]. The zero-order chi connectivity index (χ0) is 21.7. The second kappa shape index (κ2) is 8.43. The first-order valence-electron chi connectivity index (χ1n) is 8.28. The standard InChI is InChI=1S/C15H15F3N4O7.Na.H/c16-15(17,18)13(27)21-3-5-1-6(4-29-14(28)20-2-7(19)23)9(12(25)26)22-8(5)10(21)11(22)24;;/h5,8,10H,1-4H2,(H2,19,23)(H,20,28)(H,25,26);;. The molecule has 0 aromatic rings. The molecule has 3 heterocycles. The van der Waals surface area contributed by atoms with Gasteiger partial charge in [-0.05, 0) is 12.0 Å². The number of alkyl halides is 3. The molecule has 0 aliphatic carbocycles. The number of amides is 4. The maximum atomic E-state index is 12.8. The van der Waals surface area contributed by atoms with Crippen LogP contribution in [0.25, 0.3) is 0 Å². The van der Waals surface area contributed by atoms with Crippen LogP contribution in [0.15, 0.2) is 11.3 Å². The molecule has 0 aromatic heterocycles. The molecule has 4 N–H and O–H groups in total. The van der Waals surface area contributed by atoms with E-state index in [2.05, 4.69) is 0 Å². The Morgan fingerprint density at radius 1 is 1.27 bits per heavy atom. The summed E-state index contributed by atoms with van der Waals surface area (Å²) in [5, 5.41) is 11.5. The fraction of sp³-hybridized carbons (Fsp3) is 0.533. The molecule has 11 nitrogen and oxygen atoms in total. The minimum atomic E-state index is -5.16. The van der Waals surface area contributed by atoms with Gasteiger partial charge < -0.3 is 25.8 Å². The van der Waals surface area contributed by atoms with Crippen molar-refractivity contribution in [1.29, 1.82) is 0 Å². The van der Waals surface area contributed by atoms with Crippen molar-refractivity contribution in [2.45, 2.75) is 24.7 Å². The molecule has 3 aliphatic heterocycles. The van der Waals surface area contributed by atoms with Gasteiger partial charge in [0.2, 0.25) is 5.91 Å². The zero-order valence-electron chi connectivity index (χ0n) is 14.6. The zero-order valence-corrected chi connectivity index (χ0v) is 14.6. The molecule has 0 radical (unpaired) electrons. The van der Waals surface area contributed by atoms with E-state index in [1.54, 1.807) is 0 Å². The number of hydrogen-bond acceptors (Lipinski definition) is 6. The van der Waals surface area contributed by atoms with Gasteiger partial charge in [-0.1, -0.05) is 0 Å². The van der Waals surface area contributed by atoms with Crippen molar-refractivity contribution >= 4 is 59.3 Å². The summed E-state index contributed by atoms with van der Waals surface area (Å²) in [6, 6.07) is -2.25. The van der Waals surface area contributed by atoms with Crippen molar-refractivity contribution in [3.63, 3.8) is 0 Å². The first kappa shape index (κ1) is 24.0. The molecule has 2 fully saturated rings. The molecule has 0 saturated carbocycles. The van der Waals surface area contributed by atoms with Gasteiger partial charge in [-0.25, -0.2) is 9.59 Å². The summed E-state index contributed by atoms with van der Waals surface area (Å²) in [6.45, 7) is -1.48. The van der Waals surface area contributed by atoms with E-state index in [1.807, 2.05) is 5.32 Å². The van der Waals surface area contributed by atoms with E-state index in [1.165, 1.54) is 0 Å². The minimum absolute atomic E-state index is 0. The summed E-state index contributed by atoms with van der Waals surface area (Å²) in [5.74, 6) is -6.11. The van der Waals surface area contributed by atoms with Crippen LogP contribution >= 0.6 is 0 Å². The van der Waals surface area contributed by atoms with Gasteiger partial charge in [-0.2, -0.15) is 13.2 Å². The van der Waals surface area contributed by atoms with Crippen molar-refractivity contribution in [2.75, 3.05) is 19.7 Å². The Morgan fingerprint density at radius 2 is 1.90 bits per heavy atom. The molecular weight excluding hydrogens is 428 g/mol. The molecule has 0 bridgehead atoms. The van der Waals surface area contributed by atoms with E-state index in [-0.39, 0.29) is 48.1 Å². The number of rotatable bonds is 5. The molecule has 30 heavy (non-hydrogen) atoms. The number of carbonyl (C=O) groups is 5. The van der Waals surface area contributed by atoms with Crippen LogP contribution in [0.4, 0.5) is 18.0 Å². The molecule has 15 heteroatoms. The van der Waals surface area contributed by atoms with Crippen LogP contribution in [-0.2, 0) is 23.9 Å². The summed E-state index contributed by atoms with van der Waals surface area (Å²) in [5.41, 5.74) is 4.37. The van der Waals surface area contributed by atoms with Gasteiger partial charge in [-0.3, -0.25) is 19.3 Å². The number of nitrogens with zero attached hydrogens (tertiary/aromatic N) is 2. The quantitative estimate of drug-likeness (QED) is 0.323. The third-order valence-corrected chi connectivity index (χ3v) is 4.94. The van der Waals surface area contributed by atoms with Crippen molar-refractivity contribution < 1.29 is 47.0 Å². The second-order valence-electron chi connectivity index (χ2n) is 6.72. The third-order valence-electron chi connectivity index (χ3n) is 4.94. The average molecular weight is 444 g/mol. The summed E-state index contributed by atoms with van der Waals surface area (Å²) in [4.78, 5) is 59.0. The van der Waals surface area contributed by atoms with Gasteiger partial charge in [0.15, 0.2) is 0 Å². The topological polar surface area (TPSA) is 159 Å². The van der Waals surface area contributed by atoms with Crippen molar-refractivity contribution in [3.05, 3.63) is 11.3 Å². The van der Waals surface area contributed by atoms with Gasteiger partial charge in [-0.15, -0.1) is 0 Å². The Morgan fingerprint density at radius 3 is 2.43 bits per heavy atom. The average Bonchev–Trinajstić information content (AvgIpc) is 2.98. The molecule has 0 spiro atoms. The number of halogens is 3. The first-order valence-corrected chi connectivity index (χ1v) is 8.28. The van der Waals surface area contributed by atoms with Crippen molar-refractivity contribution in [2.24, 2.45) is 11.7 Å². The van der Waals surface area contributed by atoms with E-state index in [9.17, 15) is 42.3 Å². The van der Waals surface area contributed by atoms with E-state index in [4.69, 9.17) is 10.5 Å². The van der Waals surface area contributed by atoms with Crippen molar-refractivity contribution in [3.8, 4) is 0 Å². The number of nitrogens with one attached hydrogen (secondary N) is 1. The number of likely N-dealkylation sites (tertiary alicyclic amines) is 1. The molecule has 3 rings (SSSR count). The molecule has 0 aromatic carbocycles. The molecule has 4 amide bonds. The number of carbonyl (C=O) groups excluding carboxylic acids is 4.